The number of rotatable bonds is 4. The van der Waals surface area contributed by atoms with Gasteiger partial charge in [-0.15, -0.1) is 11.3 Å². The highest BCUT2D eigenvalue weighted by Crippen LogP contribution is 2.28. The fraction of sp³-hybridized carbons (Fsp3) is 0.385. The second-order valence-electron chi connectivity index (χ2n) is 4.43. The molecule has 106 valence electrons. The molecule has 1 atom stereocenters. The number of nitrogens with zero attached hydrogens (tertiary/aromatic N) is 4. The van der Waals surface area contributed by atoms with Crippen molar-refractivity contribution in [2.24, 2.45) is 5.73 Å². The Morgan fingerprint density at radius 2 is 2.10 bits per heavy atom. The lowest BCUT2D eigenvalue weighted by Gasteiger charge is -2.12. The number of amides is 1. The third-order valence-corrected chi connectivity index (χ3v) is 3.89. The third-order valence-electron chi connectivity index (χ3n) is 2.90. The molecule has 6 nitrogen and oxygen atoms in total. The van der Waals surface area contributed by atoms with E-state index in [0.717, 1.165) is 0 Å². The topological polar surface area (TPSA) is 85.0 Å². The summed E-state index contributed by atoms with van der Waals surface area (Å²) in [6, 6.07) is -0.236. The lowest BCUT2D eigenvalue weighted by Crippen LogP contribution is -2.25. The number of carbonyl (C=O) groups is 1. The number of carbonyl (C=O) groups excluding carboxylic acids is 1. The maximum Gasteiger partial charge on any atom is 0.265 e. The first kappa shape index (κ1) is 14.5. The molecule has 2 aromatic rings. The molecule has 2 rings (SSSR count). The zero-order valence-electron chi connectivity index (χ0n) is 11.7. The Labute approximate surface area is 121 Å². The molecular weight excluding hydrogens is 274 g/mol. The van der Waals surface area contributed by atoms with Crippen LogP contribution >= 0.6 is 11.3 Å². The molecule has 0 saturated heterocycles. The molecule has 2 heterocycles. The summed E-state index contributed by atoms with van der Waals surface area (Å²) in [5, 5.41) is 0.665. The summed E-state index contributed by atoms with van der Waals surface area (Å²) >= 11 is 1.31. The van der Waals surface area contributed by atoms with Gasteiger partial charge in [-0.05, 0) is 13.8 Å². The molecule has 0 aliphatic heterocycles. The standard InChI is InChI=1S/C13H17N5OS/c1-4-18(3)13(19)9-7-17-12(20-9)11-10(8(2)14)15-5-6-16-11/h5-8H,4,14H2,1-3H3/t8-/m0/s1. The molecule has 0 bridgehead atoms. The monoisotopic (exact) mass is 291 g/mol. The number of aromatic nitrogens is 3. The molecule has 0 aromatic carbocycles. The van der Waals surface area contributed by atoms with Crippen molar-refractivity contribution in [3.05, 3.63) is 29.2 Å². The van der Waals surface area contributed by atoms with E-state index in [1.165, 1.54) is 11.3 Å². The number of thiazole rings is 1. The van der Waals surface area contributed by atoms with E-state index >= 15 is 0 Å². The molecule has 0 unspecified atom stereocenters. The smallest absolute Gasteiger partial charge is 0.265 e. The number of hydrogen-bond donors (Lipinski definition) is 1. The molecule has 1 amide bonds. The van der Waals surface area contributed by atoms with E-state index in [9.17, 15) is 4.79 Å². The van der Waals surface area contributed by atoms with Gasteiger partial charge in [0.25, 0.3) is 5.91 Å². The molecule has 0 saturated carbocycles. The van der Waals surface area contributed by atoms with Gasteiger partial charge in [0, 0.05) is 32.0 Å². The van der Waals surface area contributed by atoms with Crippen LogP contribution < -0.4 is 5.73 Å². The molecular formula is C13H17N5OS. The summed E-state index contributed by atoms with van der Waals surface area (Å²) in [6.07, 6.45) is 4.78. The Morgan fingerprint density at radius 1 is 1.40 bits per heavy atom. The lowest BCUT2D eigenvalue weighted by atomic mass is 10.2. The van der Waals surface area contributed by atoms with Crippen LogP contribution in [0.25, 0.3) is 10.7 Å². The first-order valence-electron chi connectivity index (χ1n) is 6.32. The number of nitrogens with two attached hydrogens (primary N) is 1. The van der Waals surface area contributed by atoms with Crippen molar-refractivity contribution in [1.29, 1.82) is 0 Å². The minimum Gasteiger partial charge on any atom is -0.341 e. The Hall–Kier alpha value is -1.86. The van der Waals surface area contributed by atoms with E-state index < -0.39 is 0 Å². The van der Waals surface area contributed by atoms with Gasteiger partial charge in [0.15, 0.2) is 0 Å². The van der Waals surface area contributed by atoms with E-state index in [1.54, 1.807) is 30.5 Å². The average Bonchev–Trinajstić information content (AvgIpc) is 2.95. The van der Waals surface area contributed by atoms with Gasteiger partial charge in [-0.1, -0.05) is 0 Å². The first-order valence-corrected chi connectivity index (χ1v) is 7.14. The van der Waals surface area contributed by atoms with Crippen LogP contribution in [-0.4, -0.2) is 39.4 Å². The van der Waals surface area contributed by atoms with Crippen molar-refractivity contribution in [2.75, 3.05) is 13.6 Å². The molecule has 0 fully saturated rings. The first-order chi connectivity index (χ1) is 9.54. The minimum atomic E-state index is -0.236. The summed E-state index contributed by atoms with van der Waals surface area (Å²) in [5.74, 6) is -0.0394. The van der Waals surface area contributed by atoms with Gasteiger partial charge in [-0.2, -0.15) is 0 Å². The van der Waals surface area contributed by atoms with Crippen LogP contribution in [0.5, 0.6) is 0 Å². The van der Waals surface area contributed by atoms with Crippen molar-refractivity contribution in [2.45, 2.75) is 19.9 Å². The molecule has 2 N–H and O–H groups in total. The highest BCUT2D eigenvalue weighted by atomic mass is 32.1. The fourth-order valence-corrected chi connectivity index (χ4v) is 2.58. The van der Waals surface area contributed by atoms with Crippen LogP contribution in [0.1, 0.15) is 35.3 Å². The predicted octanol–water partition coefficient (Wildman–Crippen LogP) is 1.71. The van der Waals surface area contributed by atoms with E-state index in [1.807, 2.05) is 13.8 Å². The molecule has 0 aliphatic rings. The van der Waals surface area contributed by atoms with Crippen molar-refractivity contribution in [3.63, 3.8) is 0 Å². The predicted molar refractivity (Wildman–Crippen MR) is 78.4 cm³/mol. The van der Waals surface area contributed by atoms with E-state index in [-0.39, 0.29) is 11.9 Å². The largest absolute Gasteiger partial charge is 0.341 e. The summed E-state index contributed by atoms with van der Waals surface area (Å²) < 4.78 is 0. The van der Waals surface area contributed by atoms with Crippen molar-refractivity contribution < 1.29 is 4.79 Å². The van der Waals surface area contributed by atoms with Crippen LogP contribution in [0.2, 0.25) is 0 Å². The van der Waals surface area contributed by atoms with E-state index in [0.29, 0.717) is 27.8 Å². The van der Waals surface area contributed by atoms with Crippen LogP contribution in [0, 0.1) is 0 Å². The van der Waals surface area contributed by atoms with Crippen molar-refractivity contribution in [1.82, 2.24) is 19.9 Å². The van der Waals surface area contributed by atoms with Crippen LogP contribution in [0.15, 0.2) is 18.6 Å². The van der Waals surface area contributed by atoms with Gasteiger partial charge in [0.1, 0.15) is 15.6 Å². The summed E-state index contributed by atoms with van der Waals surface area (Å²) in [5.41, 5.74) is 7.22. The summed E-state index contributed by atoms with van der Waals surface area (Å²) in [6.45, 7) is 4.43. The van der Waals surface area contributed by atoms with E-state index in [2.05, 4.69) is 15.0 Å². The number of hydrogen-bond acceptors (Lipinski definition) is 6. The van der Waals surface area contributed by atoms with Gasteiger partial charge < -0.3 is 10.6 Å². The van der Waals surface area contributed by atoms with Crippen molar-refractivity contribution in [3.8, 4) is 10.7 Å². The third kappa shape index (κ3) is 2.83. The second kappa shape index (κ2) is 6.06. The minimum absolute atomic E-state index is 0.0394. The average molecular weight is 291 g/mol. The van der Waals surface area contributed by atoms with Crippen LogP contribution in [0.3, 0.4) is 0 Å². The normalized spacial score (nSPS) is 12.2. The molecule has 7 heteroatoms. The molecule has 0 aliphatic carbocycles. The molecule has 0 spiro atoms. The highest BCUT2D eigenvalue weighted by molar-refractivity contribution is 7.16. The lowest BCUT2D eigenvalue weighted by molar-refractivity contribution is 0.0807. The summed E-state index contributed by atoms with van der Waals surface area (Å²) in [7, 11) is 1.76. The Balaban J connectivity index is 2.37. The maximum atomic E-state index is 12.1. The van der Waals surface area contributed by atoms with Gasteiger partial charge in [0.05, 0.1) is 11.9 Å². The van der Waals surface area contributed by atoms with Gasteiger partial charge in [-0.25, -0.2) is 4.98 Å². The Morgan fingerprint density at radius 3 is 2.75 bits per heavy atom. The Kier molecular flexibility index (Phi) is 4.41. The van der Waals surface area contributed by atoms with Crippen LogP contribution in [-0.2, 0) is 0 Å². The maximum absolute atomic E-state index is 12.1. The highest BCUT2D eigenvalue weighted by Gasteiger charge is 2.18. The van der Waals surface area contributed by atoms with Gasteiger partial charge in [0.2, 0.25) is 0 Å². The quantitative estimate of drug-likeness (QED) is 0.927. The zero-order valence-corrected chi connectivity index (χ0v) is 12.5. The van der Waals surface area contributed by atoms with Crippen molar-refractivity contribution >= 4 is 17.2 Å². The summed E-state index contributed by atoms with van der Waals surface area (Å²) in [4.78, 5) is 27.1. The van der Waals surface area contributed by atoms with Crippen LogP contribution in [0.4, 0.5) is 0 Å². The van der Waals surface area contributed by atoms with E-state index in [4.69, 9.17) is 5.73 Å². The van der Waals surface area contributed by atoms with Gasteiger partial charge >= 0.3 is 0 Å². The molecule has 20 heavy (non-hydrogen) atoms. The van der Waals surface area contributed by atoms with Gasteiger partial charge in [-0.3, -0.25) is 14.8 Å². The second-order valence-corrected chi connectivity index (χ2v) is 5.46. The fourth-order valence-electron chi connectivity index (χ4n) is 1.66. The molecule has 0 radical (unpaired) electrons. The molecule has 2 aromatic heterocycles. The SMILES string of the molecule is CCN(C)C(=O)c1cnc(-c2nccnc2[C@H](C)N)s1. The zero-order chi connectivity index (χ0) is 14.7. The Bertz CT molecular complexity index is 610.